The Bertz CT molecular complexity index is 1160. The van der Waals surface area contributed by atoms with E-state index in [1.807, 2.05) is 37.3 Å². The van der Waals surface area contributed by atoms with Crippen LogP contribution in [-0.4, -0.2) is 25.6 Å². The first kappa shape index (κ1) is 19.2. The predicted molar refractivity (Wildman–Crippen MR) is 115 cm³/mol. The molecule has 2 N–H and O–H groups in total. The molecular weight excluding hydrogens is 408 g/mol. The second-order valence-corrected chi connectivity index (χ2v) is 7.59. The summed E-state index contributed by atoms with van der Waals surface area (Å²) in [4.78, 5) is 22.0. The van der Waals surface area contributed by atoms with E-state index < -0.39 is 0 Å². The maximum Gasteiger partial charge on any atom is 0.323 e. The van der Waals surface area contributed by atoms with Crippen molar-refractivity contribution in [1.29, 1.82) is 0 Å². The summed E-state index contributed by atoms with van der Waals surface area (Å²) in [7, 11) is 0. The van der Waals surface area contributed by atoms with Gasteiger partial charge in [-0.25, -0.2) is 9.78 Å². The lowest BCUT2D eigenvalue weighted by molar-refractivity contribution is 0.262. The number of fused-ring (bicyclic) bond motifs is 1. The molecule has 0 saturated heterocycles. The van der Waals surface area contributed by atoms with Crippen LogP contribution in [0.2, 0.25) is 5.02 Å². The Kier molecular flexibility index (Phi) is 5.64. The highest BCUT2D eigenvalue weighted by Crippen LogP contribution is 2.33. The zero-order valence-electron chi connectivity index (χ0n) is 15.5. The average Bonchev–Trinajstić information content (AvgIpc) is 3.20. The van der Waals surface area contributed by atoms with Crippen LogP contribution < -0.4 is 10.6 Å². The number of anilines is 2. The van der Waals surface area contributed by atoms with Gasteiger partial charge in [0.15, 0.2) is 0 Å². The third kappa shape index (κ3) is 4.49. The largest absolute Gasteiger partial charge is 0.323 e. The molecule has 0 spiro atoms. The predicted octanol–water partition coefficient (Wildman–Crippen LogP) is 5.14. The van der Waals surface area contributed by atoms with Crippen molar-refractivity contribution in [3.63, 3.8) is 0 Å². The van der Waals surface area contributed by atoms with Gasteiger partial charge in [0.25, 0.3) is 5.78 Å². The Morgan fingerprint density at radius 1 is 1.14 bits per heavy atom. The molecule has 0 atom stereocenters. The van der Waals surface area contributed by atoms with Crippen molar-refractivity contribution in [3.8, 4) is 0 Å². The van der Waals surface area contributed by atoms with Gasteiger partial charge in [0.2, 0.25) is 0 Å². The third-order valence-electron chi connectivity index (χ3n) is 4.09. The van der Waals surface area contributed by atoms with Crippen molar-refractivity contribution >= 4 is 46.5 Å². The second-order valence-electron chi connectivity index (χ2n) is 6.10. The molecule has 9 heteroatoms. The number of carbonyl (C=O) groups is 1. The first-order valence-electron chi connectivity index (χ1n) is 8.92. The molecule has 4 rings (SSSR count). The SMILES string of the molecule is CCc1cc(Sc2ccccc2NC(=O)Nc2ccc(Cl)cc2)n2ncnc2n1. The van der Waals surface area contributed by atoms with Crippen molar-refractivity contribution in [1.82, 2.24) is 19.6 Å². The van der Waals surface area contributed by atoms with E-state index >= 15 is 0 Å². The smallest absolute Gasteiger partial charge is 0.308 e. The van der Waals surface area contributed by atoms with E-state index in [1.165, 1.54) is 18.1 Å². The number of benzene rings is 2. The molecule has 0 aliphatic carbocycles. The summed E-state index contributed by atoms with van der Waals surface area (Å²) in [5.74, 6) is 0.553. The lowest BCUT2D eigenvalue weighted by Gasteiger charge is -2.12. The number of rotatable bonds is 5. The highest BCUT2D eigenvalue weighted by Gasteiger charge is 2.12. The molecule has 2 amide bonds. The van der Waals surface area contributed by atoms with E-state index in [0.717, 1.165) is 22.0 Å². The quantitative estimate of drug-likeness (QED) is 0.433. The van der Waals surface area contributed by atoms with Gasteiger partial charge in [-0.1, -0.05) is 42.4 Å². The number of nitrogens with one attached hydrogen (secondary N) is 2. The maximum atomic E-state index is 12.4. The minimum atomic E-state index is -0.338. The molecule has 0 saturated carbocycles. The number of urea groups is 1. The molecule has 2 aromatic carbocycles. The standard InChI is InChI=1S/C20H17ClN6OS/c1-2-14-11-18(27-19(24-14)22-12-23-27)29-17-6-4-3-5-16(17)26-20(28)25-15-9-7-13(21)8-10-15/h3-12H,2H2,1H3,(H2,25,26,28). The second kappa shape index (κ2) is 8.50. The minimum Gasteiger partial charge on any atom is -0.308 e. The van der Waals surface area contributed by atoms with Crippen molar-refractivity contribution in [2.45, 2.75) is 23.3 Å². The van der Waals surface area contributed by atoms with E-state index in [2.05, 4.69) is 25.7 Å². The Morgan fingerprint density at radius 3 is 2.72 bits per heavy atom. The molecule has 0 radical (unpaired) electrons. The van der Waals surface area contributed by atoms with Gasteiger partial charge in [0.05, 0.1) is 5.69 Å². The normalized spacial score (nSPS) is 10.8. The summed E-state index contributed by atoms with van der Waals surface area (Å²) in [6, 6.07) is 16.2. The van der Waals surface area contributed by atoms with Crippen LogP contribution in [0.15, 0.2) is 70.8 Å². The zero-order valence-corrected chi connectivity index (χ0v) is 17.0. The third-order valence-corrected chi connectivity index (χ3v) is 5.41. The first-order valence-corrected chi connectivity index (χ1v) is 10.1. The number of aromatic nitrogens is 4. The fourth-order valence-electron chi connectivity index (χ4n) is 2.67. The molecule has 0 aliphatic rings. The number of para-hydroxylation sites is 1. The van der Waals surface area contributed by atoms with E-state index in [4.69, 9.17) is 11.6 Å². The molecule has 4 aromatic rings. The minimum absolute atomic E-state index is 0.338. The van der Waals surface area contributed by atoms with Gasteiger partial charge in [0.1, 0.15) is 11.4 Å². The summed E-state index contributed by atoms with van der Waals surface area (Å²) < 4.78 is 1.69. The van der Waals surface area contributed by atoms with Crippen LogP contribution in [-0.2, 0) is 6.42 Å². The van der Waals surface area contributed by atoms with Crippen LogP contribution in [0, 0.1) is 0 Å². The number of nitrogens with zero attached hydrogens (tertiary/aromatic N) is 4. The summed E-state index contributed by atoms with van der Waals surface area (Å²) in [5.41, 5.74) is 2.27. The van der Waals surface area contributed by atoms with Crippen LogP contribution in [0.3, 0.4) is 0 Å². The molecule has 2 aromatic heterocycles. The van der Waals surface area contributed by atoms with Gasteiger partial charge in [0, 0.05) is 21.3 Å². The molecule has 29 heavy (non-hydrogen) atoms. The van der Waals surface area contributed by atoms with Crippen molar-refractivity contribution in [2.75, 3.05) is 10.6 Å². The first-order chi connectivity index (χ1) is 14.1. The molecule has 146 valence electrons. The van der Waals surface area contributed by atoms with Gasteiger partial charge in [-0.2, -0.15) is 14.6 Å². The van der Waals surface area contributed by atoms with E-state index in [1.54, 1.807) is 28.8 Å². The fourth-order valence-corrected chi connectivity index (χ4v) is 3.81. The van der Waals surface area contributed by atoms with Crippen molar-refractivity contribution in [2.24, 2.45) is 0 Å². The molecule has 0 bridgehead atoms. The van der Waals surface area contributed by atoms with Crippen LogP contribution in [0.5, 0.6) is 0 Å². The number of halogens is 1. The topological polar surface area (TPSA) is 84.2 Å². The summed E-state index contributed by atoms with van der Waals surface area (Å²) in [6.45, 7) is 2.04. The van der Waals surface area contributed by atoms with Gasteiger partial charge >= 0.3 is 6.03 Å². The highest BCUT2D eigenvalue weighted by molar-refractivity contribution is 7.99. The van der Waals surface area contributed by atoms with Gasteiger partial charge < -0.3 is 10.6 Å². The Labute approximate surface area is 176 Å². The Balaban J connectivity index is 1.56. The number of carbonyl (C=O) groups excluding carboxylic acids is 1. The molecular formula is C20H17ClN6OS. The van der Waals surface area contributed by atoms with Crippen LogP contribution >= 0.6 is 23.4 Å². The van der Waals surface area contributed by atoms with E-state index in [9.17, 15) is 4.79 Å². The molecule has 0 aliphatic heterocycles. The number of amides is 2. The van der Waals surface area contributed by atoms with Crippen LogP contribution in [0.1, 0.15) is 12.6 Å². The lowest BCUT2D eigenvalue weighted by atomic mass is 10.3. The summed E-state index contributed by atoms with van der Waals surface area (Å²) in [6.07, 6.45) is 2.27. The summed E-state index contributed by atoms with van der Waals surface area (Å²) >= 11 is 7.37. The molecule has 0 unspecified atom stereocenters. The van der Waals surface area contributed by atoms with Crippen molar-refractivity contribution < 1.29 is 4.79 Å². The number of hydrogen-bond donors (Lipinski definition) is 2. The zero-order chi connectivity index (χ0) is 20.2. The molecule has 7 nitrogen and oxygen atoms in total. The van der Waals surface area contributed by atoms with Gasteiger partial charge in [-0.3, -0.25) is 0 Å². The summed E-state index contributed by atoms with van der Waals surface area (Å²) in [5, 5.41) is 11.4. The maximum absolute atomic E-state index is 12.4. The fraction of sp³-hybridized carbons (Fsp3) is 0.100. The van der Waals surface area contributed by atoms with Gasteiger partial charge in [-0.15, -0.1) is 0 Å². The molecule has 2 heterocycles. The van der Waals surface area contributed by atoms with E-state index in [-0.39, 0.29) is 6.03 Å². The molecule has 0 fully saturated rings. The van der Waals surface area contributed by atoms with Crippen LogP contribution in [0.4, 0.5) is 16.2 Å². The Hall–Kier alpha value is -3.10. The highest BCUT2D eigenvalue weighted by atomic mass is 35.5. The lowest BCUT2D eigenvalue weighted by Crippen LogP contribution is -2.19. The number of aryl methyl sites for hydroxylation is 1. The average molecular weight is 425 g/mol. The van der Waals surface area contributed by atoms with Gasteiger partial charge in [-0.05, 0) is 48.9 Å². The Morgan fingerprint density at radius 2 is 1.93 bits per heavy atom. The monoisotopic (exact) mass is 424 g/mol. The number of hydrogen-bond acceptors (Lipinski definition) is 5. The van der Waals surface area contributed by atoms with Crippen molar-refractivity contribution in [3.05, 3.63) is 71.6 Å². The van der Waals surface area contributed by atoms with Crippen LogP contribution in [0.25, 0.3) is 5.78 Å². The van der Waals surface area contributed by atoms with E-state index in [0.29, 0.717) is 22.2 Å².